The van der Waals surface area contributed by atoms with Gasteiger partial charge in [0.1, 0.15) is 12.6 Å². The highest BCUT2D eigenvalue weighted by Crippen LogP contribution is 2.34. The molecule has 0 saturated carbocycles. The summed E-state index contributed by atoms with van der Waals surface area (Å²) in [5.74, 6) is 0.389. The summed E-state index contributed by atoms with van der Waals surface area (Å²) in [7, 11) is 0. The quantitative estimate of drug-likeness (QED) is 0.172. The fraction of sp³-hybridized carbons (Fsp3) is 0.281. The highest BCUT2D eigenvalue weighted by molar-refractivity contribution is 5.97. The first-order valence-corrected chi connectivity index (χ1v) is 13.1. The molecule has 39 heavy (non-hydrogen) atoms. The third kappa shape index (κ3) is 8.57. The van der Waals surface area contributed by atoms with Gasteiger partial charge in [-0.15, -0.1) is 6.58 Å². The van der Waals surface area contributed by atoms with Gasteiger partial charge in [-0.05, 0) is 61.6 Å². The number of hydrogen-bond donors (Lipinski definition) is 2. The molecule has 1 atom stereocenters. The van der Waals surface area contributed by atoms with Crippen LogP contribution in [0.25, 0.3) is 0 Å². The van der Waals surface area contributed by atoms with Gasteiger partial charge in [-0.1, -0.05) is 68.0 Å². The summed E-state index contributed by atoms with van der Waals surface area (Å²) in [4.78, 5) is 25.5. The van der Waals surface area contributed by atoms with Gasteiger partial charge in [-0.25, -0.2) is 5.43 Å². The molecule has 3 aromatic carbocycles. The summed E-state index contributed by atoms with van der Waals surface area (Å²) in [5.41, 5.74) is 6.92. The van der Waals surface area contributed by atoms with Crippen LogP contribution in [0.4, 0.5) is 0 Å². The monoisotopic (exact) mass is 527 g/mol. The van der Waals surface area contributed by atoms with Crippen LogP contribution in [-0.2, 0) is 17.8 Å². The van der Waals surface area contributed by atoms with Crippen molar-refractivity contribution in [3.63, 3.8) is 0 Å². The Balaban J connectivity index is 1.75. The van der Waals surface area contributed by atoms with E-state index in [2.05, 4.69) is 34.6 Å². The number of carbonyl (C=O) groups is 2. The smallest absolute Gasteiger partial charge is 0.262 e. The second kappa shape index (κ2) is 14.5. The molecule has 0 spiro atoms. The molecule has 7 nitrogen and oxygen atoms in total. The van der Waals surface area contributed by atoms with Gasteiger partial charge in [0.25, 0.3) is 11.8 Å². The number of amides is 2. The molecule has 2 N–H and O–H groups in total. The van der Waals surface area contributed by atoms with Gasteiger partial charge in [0, 0.05) is 11.1 Å². The minimum Gasteiger partial charge on any atom is -0.490 e. The molecular formula is C32H37N3O4. The van der Waals surface area contributed by atoms with E-state index in [4.69, 9.17) is 9.47 Å². The Hall–Kier alpha value is -4.39. The van der Waals surface area contributed by atoms with Crippen LogP contribution in [0.3, 0.4) is 0 Å². The molecule has 2 amide bonds. The largest absolute Gasteiger partial charge is 0.490 e. The summed E-state index contributed by atoms with van der Waals surface area (Å²) < 4.78 is 12.1. The average Bonchev–Trinajstić information content (AvgIpc) is 2.92. The van der Waals surface area contributed by atoms with Gasteiger partial charge in [-0.2, -0.15) is 5.10 Å². The number of nitrogens with zero attached hydrogens (tertiary/aromatic N) is 1. The van der Waals surface area contributed by atoms with Crippen LogP contribution in [0, 0.1) is 12.8 Å². The van der Waals surface area contributed by atoms with Crippen molar-refractivity contribution in [2.24, 2.45) is 11.0 Å². The summed E-state index contributed by atoms with van der Waals surface area (Å²) in [6.45, 7) is 12.4. The molecule has 204 valence electrons. The average molecular weight is 528 g/mol. The zero-order chi connectivity index (χ0) is 28.2. The predicted molar refractivity (Wildman–Crippen MR) is 155 cm³/mol. The molecule has 3 aromatic rings. The molecule has 0 aromatic heterocycles. The standard InChI is InChI=1S/C32H37N3O4/c1-6-11-27-18-25(19-28(38-7-2)30(27)39-21-24-16-14-23(5)15-17-24)20-33-35-32(37)29(22(3)4)34-31(36)26-12-9-8-10-13-26/h6,8-10,12-20,22,29H,1,7,11,21H2,2-5H3,(H,34,36)(H,35,37). The number of carbonyl (C=O) groups excluding carboxylic acids is 2. The van der Waals surface area contributed by atoms with Gasteiger partial charge < -0.3 is 14.8 Å². The van der Waals surface area contributed by atoms with Crippen molar-refractivity contribution in [3.05, 3.63) is 107 Å². The van der Waals surface area contributed by atoms with Crippen molar-refractivity contribution in [3.8, 4) is 11.5 Å². The lowest BCUT2D eigenvalue weighted by atomic mass is 10.0. The molecule has 0 aliphatic heterocycles. The lowest BCUT2D eigenvalue weighted by Gasteiger charge is -2.20. The van der Waals surface area contributed by atoms with E-state index in [0.717, 1.165) is 16.7 Å². The third-order valence-corrected chi connectivity index (χ3v) is 5.98. The number of ether oxygens (including phenoxy) is 2. The summed E-state index contributed by atoms with van der Waals surface area (Å²) in [5, 5.41) is 6.96. The zero-order valence-electron chi connectivity index (χ0n) is 23.1. The van der Waals surface area contributed by atoms with Crippen LogP contribution in [0.1, 0.15) is 53.4 Å². The van der Waals surface area contributed by atoms with Crippen LogP contribution in [0.15, 0.2) is 84.5 Å². The number of hydrogen-bond acceptors (Lipinski definition) is 5. The van der Waals surface area contributed by atoms with E-state index >= 15 is 0 Å². The zero-order valence-corrected chi connectivity index (χ0v) is 23.1. The Morgan fingerprint density at radius 1 is 1.03 bits per heavy atom. The second-order valence-electron chi connectivity index (χ2n) is 9.50. The Labute approximate surface area is 230 Å². The Kier molecular flexibility index (Phi) is 10.9. The first-order chi connectivity index (χ1) is 18.8. The summed E-state index contributed by atoms with van der Waals surface area (Å²) in [6, 6.07) is 20.0. The van der Waals surface area contributed by atoms with Crippen molar-refractivity contribution < 1.29 is 19.1 Å². The maximum Gasteiger partial charge on any atom is 0.262 e. The fourth-order valence-electron chi connectivity index (χ4n) is 3.92. The van der Waals surface area contributed by atoms with Gasteiger partial charge in [0.15, 0.2) is 11.5 Å². The maximum absolute atomic E-state index is 12.9. The van der Waals surface area contributed by atoms with Crippen LogP contribution >= 0.6 is 0 Å². The van der Waals surface area contributed by atoms with Gasteiger partial charge in [0.05, 0.1) is 12.8 Å². The van der Waals surface area contributed by atoms with E-state index < -0.39 is 11.9 Å². The molecule has 0 radical (unpaired) electrons. The topological polar surface area (TPSA) is 89.0 Å². The number of nitrogens with one attached hydrogen (secondary N) is 2. The number of rotatable bonds is 13. The summed E-state index contributed by atoms with van der Waals surface area (Å²) in [6.07, 6.45) is 3.92. The molecule has 1 unspecified atom stereocenters. The number of aryl methyl sites for hydroxylation is 1. The highest BCUT2D eigenvalue weighted by atomic mass is 16.5. The van der Waals surface area contributed by atoms with E-state index in [0.29, 0.717) is 36.7 Å². The molecule has 0 fully saturated rings. The Morgan fingerprint density at radius 3 is 2.38 bits per heavy atom. The fourth-order valence-corrected chi connectivity index (χ4v) is 3.92. The van der Waals surface area contributed by atoms with E-state index in [9.17, 15) is 9.59 Å². The van der Waals surface area contributed by atoms with Crippen LogP contribution in [0.5, 0.6) is 11.5 Å². The number of allylic oxidation sites excluding steroid dienone is 1. The maximum atomic E-state index is 12.9. The molecule has 0 aliphatic rings. The molecule has 0 bridgehead atoms. The Bertz CT molecular complexity index is 1280. The van der Waals surface area contributed by atoms with E-state index in [1.54, 1.807) is 36.6 Å². The lowest BCUT2D eigenvalue weighted by molar-refractivity contribution is -0.123. The first-order valence-electron chi connectivity index (χ1n) is 13.1. The number of hydrazone groups is 1. The second-order valence-corrected chi connectivity index (χ2v) is 9.50. The van der Waals surface area contributed by atoms with E-state index in [1.807, 2.05) is 58.0 Å². The van der Waals surface area contributed by atoms with E-state index in [1.165, 1.54) is 5.56 Å². The normalized spacial score (nSPS) is 11.7. The molecule has 0 aliphatic carbocycles. The molecule has 0 saturated heterocycles. The Morgan fingerprint density at radius 2 is 1.74 bits per heavy atom. The van der Waals surface area contributed by atoms with Crippen molar-refractivity contribution in [1.82, 2.24) is 10.7 Å². The van der Waals surface area contributed by atoms with Crippen molar-refractivity contribution in [1.29, 1.82) is 0 Å². The van der Waals surface area contributed by atoms with Crippen molar-refractivity contribution in [2.75, 3.05) is 6.61 Å². The van der Waals surface area contributed by atoms with Crippen LogP contribution in [0.2, 0.25) is 0 Å². The summed E-state index contributed by atoms with van der Waals surface area (Å²) >= 11 is 0. The minimum absolute atomic E-state index is 0.137. The minimum atomic E-state index is -0.747. The van der Waals surface area contributed by atoms with Crippen LogP contribution in [-0.4, -0.2) is 30.7 Å². The van der Waals surface area contributed by atoms with Crippen molar-refractivity contribution >= 4 is 18.0 Å². The van der Waals surface area contributed by atoms with Gasteiger partial charge in [-0.3, -0.25) is 9.59 Å². The highest BCUT2D eigenvalue weighted by Gasteiger charge is 2.24. The van der Waals surface area contributed by atoms with Crippen LogP contribution < -0.4 is 20.2 Å². The number of benzene rings is 3. The first kappa shape index (κ1) is 29.2. The van der Waals surface area contributed by atoms with Gasteiger partial charge >= 0.3 is 0 Å². The van der Waals surface area contributed by atoms with E-state index in [-0.39, 0.29) is 11.8 Å². The SMILES string of the molecule is C=CCc1cc(C=NNC(=O)C(NC(=O)c2ccccc2)C(C)C)cc(OCC)c1OCc1ccc(C)cc1. The molecular weight excluding hydrogens is 490 g/mol. The third-order valence-electron chi connectivity index (χ3n) is 5.98. The predicted octanol–water partition coefficient (Wildman–Crippen LogP) is 5.61. The molecule has 3 rings (SSSR count). The van der Waals surface area contributed by atoms with Crippen molar-refractivity contribution in [2.45, 2.75) is 46.8 Å². The lowest BCUT2D eigenvalue weighted by Crippen LogP contribution is -2.48. The van der Waals surface area contributed by atoms with Gasteiger partial charge in [0.2, 0.25) is 0 Å². The molecule has 0 heterocycles. The molecule has 7 heteroatoms.